The van der Waals surface area contributed by atoms with Crippen LogP contribution in [0.4, 0.5) is 0 Å². The average Bonchev–Trinajstić information content (AvgIpc) is 3.03. The van der Waals surface area contributed by atoms with E-state index in [2.05, 4.69) is 10.6 Å². The maximum absolute atomic E-state index is 3.60. The largest absolute Gasteiger partial charge is 0.315 e. The molecule has 0 aliphatic heterocycles. The molecule has 2 saturated carbocycles. The van der Waals surface area contributed by atoms with E-state index >= 15 is 0 Å². The van der Waals surface area contributed by atoms with E-state index < -0.39 is 0 Å². The van der Waals surface area contributed by atoms with E-state index in [1.54, 1.807) is 0 Å². The lowest BCUT2D eigenvalue weighted by molar-refractivity contribution is 0.424. The first-order chi connectivity index (χ1) is 7.45. The minimum absolute atomic E-state index is 0.865. The number of hydrogen-bond acceptors (Lipinski definition) is 2. The van der Waals surface area contributed by atoms with E-state index in [1.807, 2.05) is 0 Å². The predicted molar refractivity (Wildman–Crippen MR) is 65.1 cm³/mol. The van der Waals surface area contributed by atoms with Gasteiger partial charge < -0.3 is 10.6 Å². The standard InChI is InChI=1S/C13H26N2/c1-2-4-6-12(5-3-1)11-14-9-10-15-13-7-8-13/h12-15H,1-11H2. The molecule has 0 aromatic heterocycles. The summed E-state index contributed by atoms with van der Waals surface area (Å²) in [5, 5.41) is 7.15. The molecule has 0 radical (unpaired) electrons. The van der Waals surface area contributed by atoms with Crippen LogP contribution in [-0.2, 0) is 0 Å². The highest BCUT2D eigenvalue weighted by molar-refractivity contribution is 4.80. The second kappa shape index (κ2) is 6.49. The van der Waals surface area contributed by atoms with Gasteiger partial charge in [0, 0.05) is 19.1 Å². The first kappa shape index (κ1) is 11.4. The zero-order valence-corrected chi connectivity index (χ0v) is 9.93. The van der Waals surface area contributed by atoms with Crippen molar-refractivity contribution in [2.75, 3.05) is 19.6 Å². The van der Waals surface area contributed by atoms with Gasteiger partial charge in [0.15, 0.2) is 0 Å². The van der Waals surface area contributed by atoms with Crippen LogP contribution < -0.4 is 10.6 Å². The SMILES string of the molecule is C1CCCC(CNCCNC2CC2)CC1. The van der Waals surface area contributed by atoms with Crippen LogP contribution in [-0.4, -0.2) is 25.7 Å². The van der Waals surface area contributed by atoms with E-state index in [0.717, 1.165) is 25.0 Å². The number of rotatable bonds is 6. The fourth-order valence-corrected chi connectivity index (χ4v) is 2.53. The van der Waals surface area contributed by atoms with E-state index in [1.165, 1.54) is 57.9 Å². The second-order valence-corrected chi connectivity index (χ2v) is 5.29. The summed E-state index contributed by atoms with van der Waals surface area (Å²) in [7, 11) is 0. The van der Waals surface area contributed by atoms with Crippen LogP contribution in [0.1, 0.15) is 51.4 Å². The molecule has 2 rings (SSSR count). The Morgan fingerprint density at radius 1 is 0.800 bits per heavy atom. The van der Waals surface area contributed by atoms with Gasteiger partial charge >= 0.3 is 0 Å². The van der Waals surface area contributed by atoms with E-state index in [-0.39, 0.29) is 0 Å². The topological polar surface area (TPSA) is 24.1 Å². The molecule has 0 atom stereocenters. The summed E-state index contributed by atoms with van der Waals surface area (Å²) in [6.07, 6.45) is 11.6. The average molecular weight is 210 g/mol. The Morgan fingerprint density at radius 2 is 1.53 bits per heavy atom. The molecule has 2 aliphatic carbocycles. The molecule has 0 aromatic carbocycles. The molecule has 0 aromatic rings. The third-order valence-corrected chi connectivity index (χ3v) is 3.72. The molecule has 2 nitrogen and oxygen atoms in total. The van der Waals surface area contributed by atoms with Crippen LogP contribution in [0.25, 0.3) is 0 Å². The van der Waals surface area contributed by atoms with E-state index in [9.17, 15) is 0 Å². The van der Waals surface area contributed by atoms with Gasteiger partial charge in [-0.2, -0.15) is 0 Å². The Labute approximate surface area is 94.2 Å². The zero-order chi connectivity index (χ0) is 10.3. The van der Waals surface area contributed by atoms with Crippen molar-refractivity contribution in [3.8, 4) is 0 Å². The maximum atomic E-state index is 3.60. The van der Waals surface area contributed by atoms with Crippen molar-refractivity contribution in [2.24, 2.45) is 5.92 Å². The Bertz CT molecular complexity index is 158. The Morgan fingerprint density at radius 3 is 2.20 bits per heavy atom. The van der Waals surface area contributed by atoms with Crippen molar-refractivity contribution < 1.29 is 0 Å². The minimum atomic E-state index is 0.865. The van der Waals surface area contributed by atoms with Crippen molar-refractivity contribution in [1.82, 2.24) is 10.6 Å². The molecule has 2 aliphatic rings. The van der Waals surface area contributed by atoms with Gasteiger partial charge in [0.25, 0.3) is 0 Å². The Kier molecular flexibility index (Phi) is 4.94. The van der Waals surface area contributed by atoms with Crippen LogP contribution in [0.5, 0.6) is 0 Å². The molecular formula is C13H26N2. The Hall–Kier alpha value is -0.0800. The van der Waals surface area contributed by atoms with Crippen LogP contribution in [0, 0.1) is 5.92 Å². The lowest BCUT2D eigenvalue weighted by atomic mass is 10.0. The zero-order valence-electron chi connectivity index (χ0n) is 9.93. The van der Waals surface area contributed by atoms with Crippen molar-refractivity contribution in [3.05, 3.63) is 0 Å². The van der Waals surface area contributed by atoms with Crippen molar-refractivity contribution in [3.63, 3.8) is 0 Å². The third-order valence-electron chi connectivity index (χ3n) is 3.72. The van der Waals surface area contributed by atoms with Crippen LogP contribution in [0.2, 0.25) is 0 Å². The van der Waals surface area contributed by atoms with E-state index in [0.29, 0.717) is 0 Å². The highest BCUT2D eigenvalue weighted by Gasteiger charge is 2.19. The molecule has 2 N–H and O–H groups in total. The molecule has 15 heavy (non-hydrogen) atoms. The fraction of sp³-hybridized carbons (Fsp3) is 1.00. The van der Waals surface area contributed by atoms with Gasteiger partial charge in [-0.05, 0) is 38.1 Å². The molecule has 0 heterocycles. The maximum Gasteiger partial charge on any atom is 0.00793 e. The molecule has 0 amide bonds. The lowest BCUT2D eigenvalue weighted by Crippen LogP contribution is -2.31. The van der Waals surface area contributed by atoms with E-state index in [4.69, 9.17) is 0 Å². The lowest BCUT2D eigenvalue weighted by Gasteiger charge is -2.14. The summed E-state index contributed by atoms with van der Waals surface area (Å²) >= 11 is 0. The Balaban J connectivity index is 1.44. The fourth-order valence-electron chi connectivity index (χ4n) is 2.53. The summed E-state index contributed by atoms with van der Waals surface area (Å²) in [6.45, 7) is 3.58. The van der Waals surface area contributed by atoms with Crippen LogP contribution in [0.15, 0.2) is 0 Å². The highest BCUT2D eigenvalue weighted by atomic mass is 15.0. The summed E-state index contributed by atoms with van der Waals surface area (Å²) in [5.74, 6) is 0.966. The van der Waals surface area contributed by atoms with Gasteiger partial charge in [-0.25, -0.2) is 0 Å². The molecule has 0 unspecified atom stereocenters. The smallest absolute Gasteiger partial charge is 0.00793 e. The number of nitrogens with one attached hydrogen (secondary N) is 2. The molecular weight excluding hydrogens is 184 g/mol. The van der Waals surface area contributed by atoms with Crippen LogP contribution in [0.3, 0.4) is 0 Å². The van der Waals surface area contributed by atoms with Gasteiger partial charge in [0.05, 0.1) is 0 Å². The first-order valence-electron chi connectivity index (χ1n) is 6.89. The van der Waals surface area contributed by atoms with Gasteiger partial charge in [0.1, 0.15) is 0 Å². The van der Waals surface area contributed by atoms with Crippen molar-refractivity contribution >= 4 is 0 Å². The summed E-state index contributed by atoms with van der Waals surface area (Å²) in [4.78, 5) is 0. The van der Waals surface area contributed by atoms with Gasteiger partial charge in [-0.15, -0.1) is 0 Å². The highest BCUT2D eigenvalue weighted by Crippen LogP contribution is 2.22. The summed E-state index contributed by atoms with van der Waals surface area (Å²) < 4.78 is 0. The molecule has 0 saturated heterocycles. The molecule has 2 heteroatoms. The minimum Gasteiger partial charge on any atom is -0.315 e. The number of hydrogen-bond donors (Lipinski definition) is 2. The van der Waals surface area contributed by atoms with Gasteiger partial charge in [0.2, 0.25) is 0 Å². The second-order valence-electron chi connectivity index (χ2n) is 5.29. The van der Waals surface area contributed by atoms with Crippen LogP contribution >= 0.6 is 0 Å². The summed E-state index contributed by atoms with van der Waals surface area (Å²) in [6, 6.07) is 0.865. The molecule has 0 spiro atoms. The van der Waals surface area contributed by atoms with Gasteiger partial charge in [-0.3, -0.25) is 0 Å². The predicted octanol–water partition coefficient (Wildman–Crippen LogP) is 2.30. The molecule has 2 fully saturated rings. The molecule has 0 bridgehead atoms. The normalized spacial score (nSPS) is 24.0. The van der Waals surface area contributed by atoms with Crippen molar-refractivity contribution in [2.45, 2.75) is 57.4 Å². The van der Waals surface area contributed by atoms with Gasteiger partial charge in [-0.1, -0.05) is 25.7 Å². The quantitative estimate of drug-likeness (QED) is 0.519. The summed E-state index contributed by atoms with van der Waals surface area (Å²) in [5.41, 5.74) is 0. The van der Waals surface area contributed by atoms with Crippen molar-refractivity contribution in [1.29, 1.82) is 0 Å². The molecule has 88 valence electrons. The third kappa shape index (κ3) is 4.98. The first-order valence-corrected chi connectivity index (χ1v) is 6.89. The monoisotopic (exact) mass is 210 g/mol.